The minimum absolute atomic E-state index is 0.00489. The number of alkyl halides is 2. The molecule has 3 atom stereocenters. The lowest BCUT2D eigenvalue weighted by Gasteiger charge is -2.28. The zero-order valence-corrected chi connectivity index (χ0v) is 9.83. The van der Waals surface area contributed by atoms with E-state index in [-0.39, 0.29) is 16.3 Å². The first kappa shape index (κ1) is 10.5. The highest BCUT2D eigenvalue weighted by Crippen LogP contribution is 2.36. The molecule has 1 fully saturated rings. The van der Waals surface area contributed by atoms with Crippen molar-refractivity contribution in [2.75, 3.05) is 0 Å². The van der Waals surface area contributed by atoms with Crippen LogP contribution in [0.4, 0.5) is 0 Å². The first-order valence-electron chi connectivity index (χ1n) is 4.62. The van der Waals surface area contributed by atoms with E-state index in [1.807, 2.05) is 5.38 Å². The number of rotatable bonds is 1. The van der Waals surface area contributed by atoms with E-state index in [1.165, 1.54) is 11.5 Å². The highest BCUT2D eigenvalue weighted by Gasteiger charge is 2.29. The van der Waals surface area contributed by atoms with Crippen molar-refractivity contribution in [2.45, 2.75) is 35.9 Å². The molecule has 0 spiro atoms. The summed E-state index contributed by atoms with van der Waals surface area (Å²) < 4.78 is 2.70. The van der Waals surface area contributed by atoms with Gasteiger partial charge in [-0.2, -0.15) is 0 Å². The molecule has 0 amide bonds. The number of aromatic nitrogens is 1. The van der Waals surface area contributed by atoms with Gasteiger partial charge in [0.05, 0.1) is 5.38 Å². The second-order valence-corrected chi connectivity index (χ2v) is 5.46. The van der Waals surface area contributed by atoms with E-state index in [9.17, 15) is 4.79 Å². The number of H-pyrrole nitrogens is 1. The molecule has 2 rings (SSSR count). The third-order valence-corrected chi connectivity index (χ3v) is 4.54. The van der Waals surface area contributed by atoms with Gasteiger partial charge in [0.25, 0.3) is 5.56 Å². The maximum absolute atomic E-state index is 11.4. The third kappa shape index (κ3) is 2.00. The molecule has 0 saturated heterocycles. The molecule has 0 bridgehead atoms. The molecule has 1 heterocycles. The maximum Gasteiger partial charge on any atom is 0.261 e. The van der Waals surface area contributed by atoms with E-state index in [1.54, 1.807) is 0 Å². The molecular weight excluding hydrogens is 241 g/mol. The number of hydrogen-bond acceptors (Lipinski definition) is 2. The topological polar surface area (TPSA) is 32.9 Å². The van der Waals surface area contributed by atoms with Gasteiger partial charge in [-0.25, -0.2) is 0 Å². The second kappa shape index (κ2) is 4.25. The van der Waals surface area contributed by atoms with Crippen molar-refractivity contribution >= 4 is 34.7 Å². The smallest absolute Gasteiger partial charge is 0.261 e. The van der Waals surface area contributed by atoms with Crippen LogP contribution < -0.4 is 5.56 Å². The lowest BCUT2D eigenvalue weighted by Crippen LogP contribution is -2.26. The Morgan fingerprint density at radius 1 is 1.36 bits per heavy atom. The standard InChI is InChI=1S/C9H11Cl2NOS/c10-7-2-1-5(3-8(7)11)6-4-14-12-9(6)13/h4-5,7-8H,1-3H2,(H,12,13). The zero-order valence-electron chi connectivity index (χ0n) is 7.50. The summed E-state index contributed by atoms with van der Waals surface area (Å²) in [5, 5.41) is 1.95. The molecule has 1 aliphatic rings. The Bertz CT molecular complexity index is 362. The van der Waals surface area contributed by atoms with Gasteiger partial charge in [-0.15, -0.1) is 23.2 Å². The van der Waals surface area contributed by atoms with E-state index in [0.29, 0.717) is 5.92 Å². The van der Waals surface area contributed by atoms with Gasteiger partial charge in [-0.05, 0) is 25.2 Å². The maximum atomic E-state index is 11.4. The van der Waals surface area contributed by atoms with Crippen LogP contribution in [0.5, 0.6) is 0 Å². The molecule has 1 aliphatic carbocycles. The van der Waals surface area contributed by atoms with Gasteiger partial charge in [0.15, 0.2) is 0 Å². The van der Waals surface area contributed by atoms with Crippen LogP contribution >= 0.6 is 34.7 Å². The van der Waals surface area contributed by atoms with Crippen LogP contribution in [0, 0.1) is 0 Å². The third-order valence-electron chi connectivity index (χ3n) is 2.73. The largest absolute Gasteiger partial charge is 0.278 e. The fraction of sp³-hybridized carbons (Fsp3) is 0.667. The molecular formula is C9H11Cl2NOS. The van der Waals surface area contributed by atoms with Crippen LogP contribution in [0.1, 0.15) is 30.7 Å². The lowest BCUT2D eigenvalue weighted by atomic mass is 9.85. The Morgan fingerprint density at radius 2 is 2.14 bits per heavy atom. The van der Waals surface area contributed by atoms with Crippen molar-refractivity contribution < 1.29 is 0 Å². The fourth-order valence-corrected chi connectivity index (χ4v) is 3.18. The Kier molecular flexibility index (Phi) is 3.20. The minimum atomic E-state index is -0.00489. The minimum Gasteiger partial charge on any atom is -0.278 e. The zero-order chi connectivity index (χ0) is 10.1. The fourth-order valence-electron chi connectivity index (χ4n) is 1.90. The number of halogens is 2. The van der Waals surface area contributed by atoms with Crippen molar-refractivity contribution in [3.8, 4) is 0 Å². The Hall–Kier alpha value is 0.01000. The molecule has 5 heteroatoms. The monoisotopic (exact) mass is 251 g/mol. The predicted octanol–water partition coefficient (Wildman–Crippen LogP) is 2.92. The number of hydrogen-bond donors (Lipinski definition) is 1. The summed E-state index contributed by atoms with van der Waals surface area (Å²) in [4.78, 5) is 11.4. The Morgan fingerprint density at radius 3 is 2.71 bits per heavy atom. The summed E-state index contributed by atoms with van der Waals surface area (Å²) in [5.74, 6) is 0.294. The summed E-state index contributed by atoms with van der Waals surface area (Å²) in [7, 11) is 0. The van der Waals surface area contributed by atoms with Gasteiger partial charge >= 0.3 is 0 Å². The van der Waals surface area contributed by atoms with E-state index in [2.05, 4.69) is 4.37 Å². The van der Waals surface area contributed by atoms with Gasteiger partial charge in [-0.3, -0.25) is 9.17 Å². The van der Waals surface area contributed by atoms with Crippen LogP contribution in [-0.4, -0.2) is 15.1 Å². The molecule has 3 unspecified atom stereocenters. The molecule has 2 nitrogen and oxygen atoms in total. The van der Waals surface area contributed by atoms with Gasteiger partial charge in [0.2, 0.25) is 0 Å². The average molecular weight is 252 g/mol. The summed E-state index contributed by atoms with van der Waals surface area (Å²) in [5.41, 5.74) is 0.918. The van der Waals surface area contributed by atoms with E-state index < -0.39 is 0 Å². The van der Waals surface area contributed by atoms with Crippen molar-refractivity contribution in [1.29, 1.82) is 0 Å². The molecule has 14 heavy (non-hydrogen) atoms. The number of aromatic amines is 1. The summed E-state index contributed by atoms with van der Waals surface area (Å²) in [6.07, 6.45) is 2.68. The van der Waals surface area contributed by atoms with Crippen LogP contribution in [0.25, 0.3) is 0 Å². The van der Waals surface area contributed by atoms with Crippen molar-refractivity contribution in [1.82, 2.24) is 4.37 Å². The molecule has 0 radical (unpaired) electrons. The molecule has 0 aromatic carbocycles. The number of nitrogens with one attached hydrogen (secondary N) is 1. The highest BCUT2D eigenvalue weighted by atomic mass is 35.5. The Labute approximate surface area is 96.4 Å². The van der Waals surface area contributed by atoms with Gasteiger partial charge < -0.3 is 0 Å². The van der Waals surface area contributed by atoms with Crippen molar-refractivity contribution in [3.05, 3.63) is 21.3 Å². The summed E-state index contributed by atoms with van der Waals surface area (Å²) >= 11 is 13.5. The van der Waals surface area contributed by atoms with Gasteiger partial charge in [-0.1, -0.05) is 11.5 Å². The van der Waals surface area contributed by atoms with Crippen LogP contribution in [-0.2, 0) is 0 Å². The van der Waals surface area contributed by atoms with Crippen LogP contribution in [0.3, 0.4) is 0 Å². The summed E-state index contributed by atoms with van der Waals surface area (Å²) in [6.45, 7) is 0. The van der Waals surface area contributed by atoms with E-state index >= 15 is 0 Å². The first-order valence-corrected chi connectivity index (χ1v) is 6.38. The normalized spacial score (nSPS) is 33.1. The van der Waals surface area contributed by atoms with Crippen LogP contribution in [0.2, 0.25) is 0 Å². The van der Waals surface area contributed by atoms with Crippen LogP contribution in [0.15, 0.2) is 10.2 Å². The first-order chi connectivity index (χ1) is 6.68. The quantitative estimate of drug-likeness (QED) is 0.766. The van der Waals surface area contributed by atoms with Gasteiger partial charge in [0.1, 0.15) is 0 Å². The molecule has 78 valence electrons. The second-order valence-electron chi connectivity index (χ2n) is 3.66. The van der Waals surface area contributed by atoms with Crippen molar-refractivity contribution in [3.63, 3.8) is 0 Å². The average Bonchev–Trinajstić information content (AvgIpc) is 2.57. The predicted molar refractivity (Wildman–Crippen MR) is 60.8 cm³/mol. The van der Waals surface area contributed by atoms with E-state index in [0.717, 1.165) is 24.8 Å². The molecule has 1 N–H and O–H groups in total. The van der Waals surface area contributed by atoms with E-state index in [4.69, 9.17) is 23.2 Å². The highest BCUT2D eigenvalue weighted by molar-refractivity contribution is 7.03. The molecule has 1 aromatic heterocycles. The SMILES string of the molecule is O=c1[nH]scc1C1CCC(Cl)C(Cl)C1. The summed E-state index contributed by atoms with van der Waals surface area (Å²) in [6, 6.07) is 0. The molecule has 1 aromatic rings. The molecule has 0 aliphatic heterocycles. The lowest BCUT2D eigenvalue weighted by molar-refractivity contribution is 0.453. The molecule has 1 saturated carbocycles. The van der Waals surface area contributed by atoms with Gasteiger partial charge in [0, 0.05) is 16.3 Å². The van der Waals surface area contributed by atoms with Crippen molar-refractivity contribution in [2.24, 2.45) is 0 Å². The Balaban J connectivity index is 2.14.